The molecule has 0 aromatic carbocycles. The van der Waals surface area contributed by atoms with E-state index in [1.54, 1.807) is 6.08 Å². The molecule has 1 aliphatic rings. The van der Waals surface area contributed by atoms with Gasteiger partial charge in [0.2, 0.25) is 0 Å². The summed E-state index contributed by atoms with van der Waals surface area (Å²) in [4.78, 5) is 14.4. The van der Waals surface area contributed by atoms with Crippen LogP contribution in [0.1, 0.15) is 26.7 Å². The molecular formula is C14H26N2O2. The fourth-order valence-electron chi connectivity index (χ4n) is 2.55. The highest BCUT2D eigenvalue weighted by molar-refractivity contribution is 5.81. The predicted molar refractivity (Wildman–Crippen MR) is 73.5 cm³/mol. The summed E-state index contributed by atoms with van der Waals surface area (Å²) >= 11 is 0. The number of nitrogens with one attached hydrogen (secondary N) is 1. The van der Waals surface area contributed by atoms with Gasteiger partial charge >= 0.3 is 5.97 Å². The van der Waals surface area contributed by atoms with Crippen molar-refractivity contribution in [2.24, 2.45) is 5.92 Å². The minimum absolute atomic E-state index is 0.145. The number of carbonyl (C=O) groups is 1. The molecule has 0 spiro atoms. The summed E-state index contributed by atoms with van der Waals surface area (Å²) in [6, 6.07) is 0. The van der Waals surface area contributed by atoms with Crippen LogP contribution >= 0.6 is 0 Å². The summed E-state index contributed by atoms with van der Waals surface area (Å²) in [6.45, 7) is 11.7. The summed E-state index contributed by atoms with van der Waals surface area (Å²) in [5.41, 5.74) is -0.517. The Kier molecular flexibility index (Phi) is 5.82. The topological polar surface area (TPSA) is 41.6 Å². The van der Waals surface area contributed by atoms with Crippen LogP contribution in [0.3, 0.4) is 0 Å². The zero-order valence-corrected chi connectivity index (χ0v) is 11.9. The van der Waals surface area contributed by atoms with Gasteiger partial charge in [0, 0.05) is 26.2 Å². The normalized spacial score (nSPS) is 19.8. The number of nitrogens with zero attached hydrogens (tertiary/aromatic N) is 1. The highest BCUT2D eigenvalue weighted by Gasteiger charge is 2.41. The van der Waals surface area contributed by atoms with Crippen LogP contribution in [0.25, 0.3) is 0 Å². The molecule has 1 fully saturated rings. The standard InChI is InChI=1S/C14H26N2O2/c1-5-8-15-14(13(17)18-4)6-9-16(10-7-14)11-12(2)3/h5,12,15H,1,6-11H2,2-4H3. The maximum atomic E-state index is 12.0. The van der Waals surface area contributed by atoms with Gasteiger partial charge in [-0.3, -0.25) is 10.1 Å². The molecular weight excluding hydrogens is 228 g/mol. The summed E-state index contributed by atoms with van der Waals surface area (Å²) in [5.74, 6) is 0.519. The number of piperidine rings is 1. The quantitative estimate of drug-likeness (QED) is 0.575. The lowest BCUT2D eigenvalue weighted by Gasteiger charge is -2.40. The smallest absolute Gasteiger partial charge is 0.326 e. The molecule has 0 atom stereocenters. The molecule has 4 heteroatoms. The first-order valence-corrected chi connectivity index (χ1v) is 6.71. The van der Waals surface area contributed by atoms with E-state index in [9.17, 15) is 4.79 Å². The SMILES string of the molecule is C=CCNC1(C(=O)OC)CCN(CC(C)C)CC1. The van der Waals surface area contributed by atoms with Gasteiger partial charge in [-0.15, -0.1) is 6.58 Å². The van der Waals surface area contributed by atoms with Crippen molar-refractivity contribution in [3.63, 3.8) is 0 Å². The summed E-state index contributed by atoms with van der Waals surface area (Å²) < 4.78 is 4.95. The van der Waals surface area contributed by atoms with Gasteiger partial charge in [0.25, 0.3) is 0 Å². The summed E-state index contributed by atoms with van der Waals surface area (Å²) in [6.07, 6.45) is 3.39. The Morgan fingerprint density at radius 2 is 2.11 bits per heavy atom. The zero-order valence-electron chi connectivity index (χ0n) is 11.9. The van der Waals surface area contributed by atoms with Gasteiger partial charge in [-0.1, -0.05) is 19.9 Å². The number of carbonyl (C=O) groups excluding carboxylic acids is 1. The largest absolute Gasteiger partial charge is 0.468 e. The van der Waals surface area contributed by atoms with E-state index >= 15 is 0 Å². The second-order valence-electron chi connectivity index (χ2n) is 5.44. The van der Waals surface area contributed by atoms with Gasteiger partial charge in [-0.2, -0.15) is 0 Å². The van der Waals surface area contributed by atoms with E-state index in [2.05, 4.69) is 30.6 Å². The van der Waals surface area contributed by atoms with Gasteiger partial charge in [0.15, 0.2) is 0 Å². The Morgan fingerprint density at radius 1 is 1.50 bits per heavy atom. The zero-order chi connectivity index (χ0) is 13.6. The first kappa shape index (κ1) is 15.2. The average Bonchev–Trinajstić information content (AvgIpc) is 2.36. The molecule has 0 aliphatic carbocycles. The molecule has 1 N–H and O–H groups in total. The maximum absolute atomic E-state index is 12.0. The summed E-state index contributed by atoms with van der Waals surface area (Å²) in [5, 5.41) is 3.29. The van der Waals surface area contributed by atoms with Crippen molar-refractivity contribution >= 4 is 5.97 Å². The number of ether oxygens (including phenoxy) is 1. The minimum atomic E-state index is -0.517. The predicted octanol–water partition coefficient (Wildman–Crippen LogP) is 1.43. The lowest BCUT2D eigenvalue weighted by atomic mass is 9.87. The molecule has 0 aromatic rings. The Morgan fingerprint density at radius 3 is 2.56 bits per heavy atom. The van der Waals surface area contributed by atoms with Gasteiger partial charge in [-0.25, -0.2) is 0 Å². The lowest BCUT2D eigenvalue weighted by Crippen LogP contribution is -2.59. The van der Waals surface area contributed by atoms with Crippen molar-refractivity contribution in [2.75, 3.05) is 33.3 Å². The molecule has 18 heavy (non-hydrogen) atoms. The fraction of sp³-hybridized carbons (Fsp3) is 0.786. The van der Waals surface area contributed by atoms with E-state index in [4.69, 9.17) is 4.74 Å². The maximum Gasteiger partial charge on any atom is 0.326 e. The molecule has 0 radical (unpaired) electrons. The molecule has 0 bridgehead atoms. The number of hydrogen-bond donors (Lipinski definition) is 1. The van der Waals surface area contributed by atoms with Gasteiger partial charge in [0.1, 0.15) is 5.54 Å². The number of esters is 1. The molecule has 0 saturated carbocycles. The van der Waals surface area contributed by atoms with Gasteiger partial charge in [-0.05, 0) is 18.8 Å². The number of methoxy groups -OCH3 is 1. The molecule has 1 heterocycles. The molecule has 1 saturated heterocycles. The van der Waals surface area contributed by atoms with Crippen LogP contribution < -0.4 is 5.32 Å². The molecule has 0 amide bonds. The van der Waals surface area contributed by atoms with Crippen LogP contribution in [0.5, 0.6) is 0 Å². The third-order valence-corrected chi connectivity index (χ3v) is 3.49. The van der Waals surface area contributed by atoms with Gasteiger partial charge < -0.3 is 9.64 Å². The van der Waals surface area contributed by atoms with Crippen molar-refractivity contribution in [1.82, 2.24) is 10.2 Å². The van der Waals surface area contributed by atoms with Crippen LogP contribution in [0, 0.1) is 5.92 Å². The first-order valence-electron chi connectivity index (χ1n) is 6.71. The molecule has 4 nitrogen and oxygen atoms in total. The average molecular weight is 254 g/mol. The Balaban J connectivity index is 2.61. The first-order chi connectivity index (χ1) is 8.54. The van der Waals surface area contributed by atoms with E-state index < -0.39 is 5.54 Å². The van der Waals surface area contributed by atoms with Crippen molar-refractivity contribution < 1.29 is 9.53 Å². The van der Waals surface area contributed by atoms with Crippen LogP contribution in [-0.4, -0.2) is 49.7 Å². The lowest BCUT2D eigenvalue weighted by molar-refractivity contribution is -0.150. The van der Waals surface area contributed by atoms with E-state index in [0.717, 1.165) is 32.5 Å². The highest BCUT2D eigenvalue weighted by Crippen LogP contribution is 2.24. The molecule has 1 aliphatic heterocycles. The molecule has 0 unspecified atom stereocenters. The number of hydrogen-bond acceptors (Lipinski definition) is 4. The third kappa shape index (κ3) is 3.82. The fourth-order valence-corrected chi connectivity index (χ4v) is 2.55. The highest BCUT2D eigenvalue weighted by atomic mass is 16.5. The monoisotopic (exact) mass is 254 g/mol. The van der Waals surface area contributed by atoms with Crippen molar-refractivity contribution in [2.45, 2.75) is 32.2 Å². The molecule has 1 rings (SSSR count). The Hall–Kier alpha value is -0.870. The second-order valence-corrected chi connectivity index (χ2v) is 5.44. The van der Waals surface area contributed by atoms with Crippen LogP contribution in [0.4, 0.5) is 0 Å². The van der Waals surface area contributed by atoms with Crippen molar-refractivity contribution in [3.05, 3.63) is 12.7 Å². The second kappa shape index (κ2) is 6.90. The third-order valence-electron chi connectivity index (χ3n) is 3.49. The molecule has 0 aromatic heterocycles. The molecule has 104 valence electrons. The van der Waals surface area contributed by atoms with Crippen molar-refractivity contribution in [1.29, 1.82) is 0 Å². The van der Waals surface area contributed by atoms with Crippen LogP contribution in [-0.2, 0) is 9.53 Å². The van der Waals surface area contributed by atoms with Crippen LogP contribution in [0.15, 0.2) is 12.7 Å². The van der Waals surface area contributed by atoms with E-state index in [-0.39, 0.29) is 5.97 Å². The Bertz CT molecular complexity index is 282. The Labute approximate surface area is 110 Å². The van der Waals surface area contributed by atoms with E-state index in [1.165, 1.54) is 7.11 Å². The summed E-state index contributed by atoms with van der Waals surface area (Å²) in [7, 11) is 1.46. The minimum Gasteiger partial charge on any atom is -0.468 e. The number of likely N-dealkylation sites (tertiary alicyclic amines) is 1. The van der Waals surface area contributed by atoms with Crippen LogP contribution in [0.2, 0.25) is 0 Å². The van der Waals surface area contributed by atoms with E-state index in [1.807, 2.05) is 0 Å². The number of rotatable bonds is 6. The van der Waals surface area contributed by atoms with E-state index in [0.29, 0.717) is 12.5 Å². The van der Waals surface area contributed by atoms with Gasteiger partial charge in [0.05, 0.1) is 7.11 Å². The van der Waals surface area contributed by atoms with Crippen molar-refractivity contribution in [3.8, 4) is 0 Å².